The van der Waals surface area contributed by atoms with Crippen molar-refractivity contribution in [1.29, 1.82) is 0 Å². The molecule has 126 valence electrons. The Morgan fingerprint density at radius 3 is 2.92 bits per heavy atom. The molecule has 1 unspecified atom stereocenters. The molecule has 0 radical (unpaired) electrons. The standard InChI is InChI=1S/C17H19N3O3S/c1-3-12-8-18-16(24-12)19-17(22)20-9-11-6-4-5-7-13(11)14(10-20)15(21)23-2/h4-8,14H,3,9-10H2,1-2H3,(H,18,19,22). The van der Waals surface area contributed by atoms with Gasteiger partial charge in [0.05, 0.1) is 13.0 Å². The summed E-state index contributed by atoms with van der Waals surface area (Å²) in [7, 11) is 1.37. The highest BCUT2D eigenvalue weighted by atomic mass is 32.1. The summed E-state index contributed by atoms with van der Waals surface area (Å²) in [5.41, 5.74) is 1.89. The van der Waals surface area contributed by atoms with Crippen molar-refractivity contribution in [3.63, 3.8) is 0 Å². The summed E-state index contributed by atoms with van der Waals surface area (Å²) in [6.07, 6.45) is 2.65. The van der Waals surface area contributed by atoms with E-state index in [0.717, 1.165) is 22.4 Å². The van der Waals surface area contributed by atoms with Gasteiger partial charge >= 0.3 is 12.0 Å². The molecule has 1 aliphatic rings. The zero-order valence-electron chi connectivity index (χ0n) is 13.6. The lowest BCUT2D eigenvalue weighted by atomic mass is 9.90. The summed E-state index contributed by atoms with van der Waals surface area (Å²) in [4.78, 5) is 31.6. The molecule has 24 heavy (non-hydrogen) atoms. The van der Waals surface area contributed by atoms with Crippen LogP contribution >= 0.6 is 11.3 Å². The second-order valence-corrected chi connectivity index (χ2v) is 6.69. The van der Waals surface area contributed by atoms with E-state index in [1.165, 1.54) is 18.4 Å². The number of esters is 1. The highest BCUT2D eigenvalue weighted by Gasteiger charge is 2.33. The predicted molar refractivity (Wildman–Crippen MR) is 92.1 cm³/mol. The van der Waals surface area contributed by atoms with Gasteiger partial charge in [-0.05, 0) is 17.5 Å². The minimum absolute atomic E-state index is 0.254. The number of nitrogens with zero attached hydrogens (tertiary/aromatic N) is 2. The van der Waals surface area contributed by atoms with Crippen LogP contribution in [0.2, 0.25) is 0 Å². The van der Waals surface area contributed by atoms with Crippen LogP contribution in [0.3, 0.4) is 0 Å². The quantitative estimate of drug-likeness (QED) is 0.868. The number of ether oxygens (including phenoxy) is 1. The lowest BCUT2D eigenvalue weighted by Gasteiger charge is -2.33. The Labute approximate surface area is 144 Å². The Morgan fingerprint density at radius 2 is 2.21 bits per heavy atom. The maximum atomic E-state index is 12.6. The average molecular weight is 345 g/mol. The number of aryl methyl sites for hydroxylation is 1. The van der Waals surface area contributed by atoms with Gasteiger partial charge < -0.3 is 9.64 Å². The number of carbonyl (C=O) groups is 2. The minimum Gasteiger partial charge on any atom is -0.468 e. The van der Waals surface area contributed by atoms with Crippen LogP contribution in [-0.2, 0) is 22.5 Å². The summed E-state index contributed by atoms with van der Waals surface area (Å²) in [5.74, 6) is -0.796. The van der Waals surface area contributed by atoms with Crippen molar-refractivity contribution < 1.29 is 14.3 Å². The Bertz CT molecular complexity index is 759. The molecule has 0 fully saturated rings. The summed E-state index contributed by atoms with van der Waals surface area (Å²) in [6.45, 7) is 2.80. The van der Waals surface area contributed by atoms with Crippen molar-refractivity contribution in [3.05, 3.63) is 46.5 Å². The largest absolute Gasteiger partial charge is 0.468 e. The molecule has 2 heterocycles. The van der Waals surface area contributed by atoms with Gasteiger partial charge in [0, 0.05) is 24.2 Å². The van der Waals surface area contributed by atoms with Crippen molar-refractivity contribution in [1.82, 2.24) is 9.88 Å². The van der Waals surface area contributed by atoms with Crippen LogP contribution < -0.4 is 5.32 Å². The molecule has 1 aliphatic heterocycles. The first kappa shape index (κ1) is 16.4. The van der Waals surface area contributed by atoms with Crippen molar-refractivity contribution in [2.75, 3.05) is 19.0 Å². The summed E-state index contributed by atoms with van der Waals surface area (Å²) < 4.78 is 4.90. The van der Waals surface area contributed by atoms with E-state index in [2.05, 4.69) is 10.3 Å². The lowest BCUT2D eigenvalue weighted by Crippen LogP contribution is -2.43. The number of hydrogen-bond acceptors (Lipinski definition) is 5. The average Bonchev–Trinajstić information content (AvgIpc) is 3.07. The molecule has 0 saturated heterocycles. The molecule has 0 saturated carbocycles. The van der Waals surface area contributed by atoms with Crippen molar-refractivity contribution in [2.45, 2.75) is 25.8 Å². The molecular formula is C17H19N3O3S. The van der Waals surface area contributed by atoms with Crippen LogP contribution in [0.5, 0.6) is 0 Å². The number of fused-ring (bicyclic) bond motifs is 1. The smallest absolute Gasteiger partial charge is 0.323 e. The van der Waals surface area contributed by atoms with Gasteiger partial charge in [0.2, 0.25) is 0 Å². The van der Waals surface area contributed by atoms with Gasteiger partial charge in [-0.25, -0.2) is 9.78 Å². The van der Waals surface area contributed by atoms with Crippen LogP contribution in [0.15, 0.2) is 30.5 Å². The number of anilines is 1. The van der Waals surface area contributed by atoms with Gasteiger partial charge in [0.25, 0.3) is 0 Å². The molecule has 7 heteroatoms. The minimum atomic E-state index is -0.465. The van der Waals surface area contributed by atoms with Gasteiger partial charge in [0.1, 0.15) is 0 Å². The number of aromatic nitrogens is 1. The third kappa shape index (κ3) is 3.26. The number of nitrogens with one attached hydrogen (secondary N) is 1. The number of urea groups is 1. The van der Waals surface area contributed by atoms with Gasteiger partial charge in [-0.3, -0.25) is 10.1 Å². The Hall–Kier alpha value is -2.41. The number of rotatable bonds is 3. The van der Waals surface area contributed by atoms with E-state index in [0.29, 0.717) is 18.2 Å². The van der Waals surface area contributed by atoms with E-state index < -0.39 is 5.92 Å². The van der Waals surface area contributed by atoms with Crippen LogP contribution in [0.4, 0.5) is 9.93 Å². The number of carbonyl (C=O) groups excluding carboxylic acids is 2. The summed E-state index contributed by atoms with van der Waals surface area (Å²) in [6, 6.07) is 7.40. The monoisotopic (exact) mass is 345 g/mol. The normalized spacial score (nSPS) is 16.4. The van der Waals surface area contributed by atoms with E-state index in [9.17, 15) is 9.59 Å². The van der Waals surface area contributed by atoms with Crippen molar-refractivity contribution in [3.8, 4) is 0 Å². The first-order valence-corrected chi connectivity index (χ1v) is 8.60. The lowest BCUT2D eigenvalue weighted by molar-refractivity contribution is -0.143. The molecule has 1 aromatic heterocycles. The van der Waals surface area contributed by atoms with Gasteiger partial charge in [-0.1, -0.05) is 31.2 Å². The van der Waals surface area contributed by atoms with Gasteiger partial charge in [-0.2, -0.15) is 0 Å². The predicted octanol–water partition coefficient (Wildman–Crippen LogP) is 3.01. The maximum absolute atomic E-state index is 12.6. The third-order valence-electron chi connectivity index (χ3n) is 4.08. The summed E-state index contributed by atoms with van der Waals surface area (Å²) >= 11 is 1.46. The second kappa shape index (κ2) is 7.00. The maximum Gasteiger partial charge on any atom is 0.323 e. The molecule has 1 N–H and O–H groups in total. The Balaban J connectivity index is 1.79. The fourth-order valence-corrected chi connectivity index (χ4v) is 3.55. The molecular weight excluding hydrogens is 326 g/mol. The van der Waals surface area contributed by atoms with Crippen molar-refractivity contribution >= 4 is 28.5 Å². The zero-order valence-corrected chi connectivity index (χ0v) is 14.4. The van der Waals surface area contributed by atoms with Gasteiger partial charge in [0.15, 0.2) is 5.13 Å². The van der Waals surface area contributed by atoms with E-state index in [1.807, 2.05) is 31.2 Å². The molecule has 0 spiro atoms. The number of methoxy groups -OCH3 is 1. The van der Waals surface area contributed by atoms with Crippen LogP contribution in [-0.4, -0.2) is 35.5 Å². The Kier molecular flexibility index (Phi) is 4.80. The molecule has 6 nitrogen and oxygen atoms in total. The number of thiazole rings is 1. The number of hydrogen-bond donors (Lipinski definition) is 1. The van der Waals surface area contributed by atoms with Crippen molar-refractivity contribution in [2.24, 2.45) is 0 Å². The van der Waals surface area contributed by atoms with Crippen LogP contribution in [0.1, 0.15) is 28.8 Å². The van der Waals surface area contributed by atoms with E-state index >= 15 is 0 Å². The van der Waals surface area contributed by atoms with Crippen LogP contribution in [0.25, 0.3) is 0 Å². The molecule has 2 amide bonds. The van der Waals surface area contributed by atoms with E-state index in [1.54, 1.807) is 11.1 Å². The molecule has 0 bridgehead atoms. The highest BCUT2D eigenvalue weighted by molar-refractivity contribution is 7.15. The number of benzene rings is 1. The third-order valence-corrected chi connectivity index (χ3v) is 5.14. The Morgan fingerprint density at radius 1 is 1.42 bits per heavy atom. The first-order valence-electron chi connectivity index (χ1n) is 7.78. The molecule has 1 atom stereocenters. The second-order valence-electron chi connectivity index (χ2n) is 5.57. The topological polar surface area (TPSA) is 71.5 Å². The van der Waals surface area contributed by atoms with E-state index in [-0.39, 0.29) is 12.0 Å². The molecule has 2 aromatic rings. The SMILES string of the molecule is CCc1cnc(NC(=O)N2Cc3ccccc3C(C(=O)OC)C2)s1. The fraction of sp³-hybridized carbons (Fsp3) is 0.353. The van der Waals surface area contributed by atoms with Crippen LogP contribution in [0, 0.1) is 0 Å². The number of amides is 2. The first-order chi connectivity index (χ1) is 11.6. The molecule has 1 aromatic carbocycles. The zero-order chi connectivity index (χ0) is 17.1. The highest BCUT2D eigenvalue weighted by Crippen LogP contribution is 2.30. The molecule has 0 aliphatic carbocycles. The van der Waals surface area contributed by atoms with E-state index in [4.69, 9.17) is 4.74 Å². The fourth-order valence-electron chi connectivity index (χ4n) is 2.80. The van der Waals surface area contributed by atoms with Gasteiger partial charge in [-0.15, -0.1) is 11.3 Å². The summed E-state index contributed by atoms with van der Waals surface area (Å²) in [5, 5.41) is 3.39. The molecule has 3 rings (SSSR count).